The van der Waals surface area contributed by atoms with Crippen molar-refractivity contribution < 1.29 is 14.7 Å². The number of anilines is 1. The molecule has 1 amide bonds. The monoisotopic (exact) mass is 278 g/mol. The molecule has 0 spiro atoms. The number of hydrogen-bond donors (Lipinski definition) is 3. The number of carbonyl (C=O) groups is 2. The summed E-state index contributed by atoms with van der Waals surface area (Å²) >= 11 is 0. The zero-order valence-electron chi connectivity index (χ0n) is 11.1. The van der Waals surface area contributed by atoms with E-state index in [0.29, 0.717) is 12.8 Å². The molecule has 1 fully saturated rings. The van der Waals surface area contributed by atoms with Crippen LogP contribution >= 0.6 is 0 Å². The van der Waals surface area contributed by atoms with Gasteiger partial charge in [-0.1, -0.05) is 19.3 Å². The summed E-state index contributed by atoms with van der Waals surface area (Å²) in [5.74, 6) is -1.26. The van der Waals surface area contributed by atoms with E-state index in [0.717, 1.165) is 19.3 Å². The molecule has 1 aromatic rings. The van der Waals surface area contributed by atoms with E-state index >= 15 is 0 Å². The number of amides is 1. The molecule has 20 heavy (non-hydrogen) atoms. The summed E-state index contributed by atoms with van der Waals surface area (Å²) in [6.45, 7) is 0.224. The van der Waals surface area contributed by atoms with Crippen LogP contribution in [0.4, 0.5) is 5.82 Å². The smallest absolute Gasteiger partial charge is 0.311 e. The first-order chi connectivity index (χ1) is 9.55. The largest absolute Gasteiger partial charge is 0.481 e. The summed E-state index contributed by atoms with van der Waals surface area (Å²) in [7, 11) is 0. The molecular weight excluding hydrogens is 260 g/mol. The average molecular weight is 278 g/mol. The molecule has 0 radical (unpaired) electrons. The molecule has 1 aliphatic rings. The number of carbonyl (C=O) groups excluding carboxylic acids is 1. The molecular formula is C13H18N4O3. The number of hydrogen-bond acceptors (Lipinski definition) is 5. The summed E-state index contributed by atoms with van der Waals surface area (Å²) in [4.78, 5) is 30.7. The van der Waals surface area contributed by atoms with Gasteiger partial charge in [0.1, 0.15) is 0 Å². The minimum Gasteiger partial charge on any atom is -0.481 e. The van der Waals surface area contributed by atoms with E-state index in [1.165, 1.54) is 12.4 Å². The Kier molecular flexibility index (Phi) is 4.16. The number of nitrogens with zero attached hydrogens (tertiary/aromatic N) is 2. The van der Waals surface area contributed by atoms with E-state index in [2.05, 4.69) is 15.3 Å². The SMILES string of the molecule is NC(=O)c1nccnc1NCC1(C(=O)O)CCCCC1. The lowest BCUT2D eigenvalue weighted by Gasteiger charge is -2.33. The summed E-state index contributed by atoms with van der Waals surface area (Å²) in [6, 6.07) is 0. The normalized spacial score (nSPS) is 17.4. The van der Waals surface area contributed by atoms with Crippen molar-refractivity contribution in [2.45, 2.75) is 32.1 Å². The molecule has 1 heterocycles. The highest BCUT2D eigenvalue weighted by molar-refractivity contribution is 5.95. The third kappa shape index (κ3) is 2.87. The molecule has 108 valence electrons. The Balaban J connectivity index is 2.14. The third-order valence-corrected chi connectivity index (χ3v) is 3.79. The van der Waals surface area contributed by atoms with Gasteiger partial charge in [0.2, 0.25) is 0 Å². The van der Waals surface area contributed by atoms with Crippen LogP contribution in [0.15, 0.2) is 12.4 Å². The Morgan fingerprint density at radius 1 is 1.25 bits per heavy atom. The molecule has 0 aromatic carbocycles. The van der Waals surface area contributed by atoms with Gasteiger partial charge in [-0.25, -0.2) is 9.97 Å². The Labute approximate surface area is 116 Å². The first-order valence-corrected chi connectivity index (χ1v) is 6.63. The maximum atomic E-state index is 11.5. The maximum absolute atomic E-state index is 11.5. The Hall–Kier alpha value is -2.18. The number of nitrogens with two attached hydrogens (primary N) is 1. The maximum Gasteiger partial charge on any atom is 0.311 e. The number of nitrogens with one attached hydrogen (secondary N) is 1. The van der Waals surface area contributed by atoms with E-state index < -0.39 is 17.3 Å². The van der Waals surface area contributed by atoms with Gasteiger partial charge >= 0.3 is 5.97 Å². The van der Waals surface area contributed by atoms with Gasteiger partial charge in [-0.15, -0.1) is 0 Å². The van der Waals surface area contributed by atoms with Crippen molar-refractivity contribution >= 4 is 17.7 Å². The fourth-order valence-electron chi connectivity index (χ4n) is 2.60. The van der Waals surface area contributed by atoms with E-state index in [9.17, 15) is 14.7 Å². The quantitative estimate of drug-likeness (QED) is 0.740. The summed E-state index contributed by atoms with van der Waals surface area (Å²) < 4.78 is 0. The molecule has 0 atom stereocenters. The first-order valence-electron chi connectivity index (χ1n) is 6.63. The van der Waals surface area contributed by atoms with Crippen molar-refractivity contribution in [1.29, 1.82) is 0 Å². The number of carboxylic acid groups (broad SMARTS) is 1. The highest BCUT2D eigenvalue weighted by Crippen LogP contribution is 2.36. The van der Waals surface area contributed by atoms with Gasteiger partial charge in [0, 0.05) is 18.9 Å². The van der Waals surface area contributed by atoms with Gasteiger partial charge in [0.15, 0.2) is 11.5 Å². The molecule has 7 heteroatoms. The average Bonchev–Trinajstić information content (AvgIpc) is 2.46. The van der Waals surface area contributed by atoms with Gasteiger partial charge in [-0.3, -0.25) is 9.59 Å². The van der Waals surface area contributed by atoms with Crippen LogP contribution in [0.3, 0.4) is 0 Å². The van der Waals surface area contributed by atoms with Crippen LogP contribution in [0.25, 0.3) is 0 Å². The summed E-state index contributed by atoms with van der Waals surface area (Å²) in [5, 5.41) is 12.4. The molecule has 0 saturated heterocycles. The Morgan fingerprint density at radius 3 is 2.50 bits per heavy atom. The molecule has 0 unspecified atom stereocenters. The fourth-order valence-corrected chi connectivity index (χ4v) is 2.60. The second kappa shape index (κ2) is 5.85. The highest BCUT2D eigenvalue weighted by atomic mass is 16.4. The zero-order valence-corrected chi connectivity index (χ0v) is 11.1. The second-order valence-corrected chi connectivity index (χ2v) is 5.12. The highest BCUT2D eigenvalue weighted by Gasteiger charge is 2.39. The second-order valence-electron chi connectivity index (χ2n) is 5.12. The Morgan fingerprint density at radius 2 is 1.90 bits per heavy atom. The lowest BCUT2D eigenvalue weighted by molar-refractivity contribution is -0.150. The number of aromatic nitrogens is 2. The van der Waals surface area contributed by atoms with E-state index in [1.54, 1.807) is 0 Å². The van der Waals surface area contributed by atoms with Crippen LogP contribution in [0.2, 0.25) is 0 Å². The minimum absolute atomic E-state index is 0.0313. The van der Waals surface area contributed by atoms with Gasteiger partial charge in [-0.05, 0) is 12.8 Å². The van der Waals surface area contributed by atoms with E-state index in [1.807, 2.05) is 0 Å². The molecule has 7 nitrogen and oxygen atoms in total. The van der Waals surface area contributed by atoms with Gasteiger partial charge in [-0.2, -0.15) is 0 Å². The van der Waals surface area contributed by atoms with Crippen LogP contribution in [-0.2, 0) is 4.79 Å². The van der Waals surface area contributed by atoms with Gasteiger partial charge in [0.05, 0.1) is 5.41 Å². The number of primary amides is 1. The van der Waals surface area contributed by atoms with Crippen molar-refractivity contribution in [3.63, 3.8) is 0 Å². The van der Waals surface area contributed by atoms with Crippen LogP contribution in [0, 0.1) is 5.41 Å². The number of aliphatic carboxylic acids is 1. The first kappa shape index (κ1) is 14.2. The zero-order chi connectivity index (χ0) is 14.6. The lowest BCUT2D eigenvalue weighted by atomic mass is 9.74. The van der Waals surface area contributed by atoms with Crippen LogP contribution in [0.5, 0.6) is 0 Å². The minimum atomic E-state index is -0.811. The van der Waals surface area contributed by atoms with Gasteiger partial charge < -0.3 is 16.2 Å². The predicted octanol–water partition coefficient (Wildman–Crippen LogP) is 1.02. The number of carboxylic acids is 1. The molecule has 2 rings (SSSR count). The van der Waals surface area contributed by atoms with Crippen molar-refractivity contribution in [2.24, 2.45) is 11.1 Å². The van der Waals surface area contributed by atoms with Crippen molar-refractivity contribution in [1.82, 2.24) is 9.97 Å². The predicted molar refractivity (Wildman–Crippen MR) is 72.2 cm³/mol. The lowest BCUT2D eigenvalue weighted by Crippen LogP contribution is -2.40. The molecule has 0 aliphatic heterocycles. The Bertz CT molecular complexity index is 512. The number of rotatable bonds is 5. The van der Waals surface area contributed by atoms with E-state index in [-0.39, 0.29) is 18.1 Å². The van der Waals surface area contributed by atoms with E-state index in [4.69, 9.17) is 5.73 Å². The molecule has 0 bridgehead atoms. The van der Waals surface area contributed by atoms with Crippen molar-refractivity contribution in [2.75, 3.05) is 11.9 Å². The molecule has 1 aliphatic carbocycles. The van der Waals surface area contributed by atoms with Crippen LogP contribution in [0.1, 0.15) is 42.6 Å². The summed E-state index contributed by atoms with van der Waals surface area (Å²) in [6.07, 6.45) is 6.92. The molecule has 1 aromatic heterocycles. The van der Waals surface area contributed by atoms with Crippen molar-refractivity contribution in [3.8, 4) is 0 Å². The molecule has 4 N–H and O–H groups in total. The summed E-state index contributed by atoms with van der Waals surface area (Å²) in [5.41, 5.74) is 4.45. The fraction of sp³-hybridized carbons (Fsp3) is 0.538. The topological polar surface area (TPSA) is 118 Å². The van der Waals surface area contributed by atoms with Crippen LogP contribution in [-0.4, -0.2) is 33.5 Å². The molecule has 1 saturated carbocycles. The van der Waals surface area contributed by atoms with Crippen LogP contribution < -0.4 is 11.1 Å². The van der Waals surface area contributed by atoms with Crippen molar-refractivity contribution in [3.05, 3.63) is 18.1 Å². The standard InChI is InChI=1S/C13H18N4O3/c14-10(18)9-11(16-7-6-15-9)17-8-13(12(19)20)4-2-1-3-5-13/h6-7H,1-5,8H2,(H2,14,18)(H,16,17)(H,19,20). The third-order valence-electron chi connectivity index (χ3n) is 3.79. The van der Waals surface area contributed by atoms with Gasteiger partial charge in [0.25, 0.3) is 5.91 Å².